The molecule has 0 spiro atoms. The second-order valence-electron chi connectivity index (χ2n) is 7.84. The van der Waals surface area contributed by atoms with Crippen LogP contribution in [0, 0.1) is 5.92 Å². The number of ether oxygens (including phenoxy) is 1. The van der Waals surface area contributed by atoms with Crippen molar-refractivity contribution in [1.82, 2.24) is 15.3 Å². The molecule has 0 aliphatic rings. The summed E-state index contributed by atoms with van der Waals surface area (Å²) in [4.78, 5) is 20.8. The van der Waals surface area contributed by atoms with Gasteiger partial charge in [0.15, 0.2) is 11.5 Å². The summed E-state index contributed by atoms with van der Waals surface area (Å²) in [6.45, 7) is 8.14. The number of fused-ring (bicyclic) bond motifs is 1. The van der Waals surface area contributed by atoms with E-state index < -0.39 is 23.8 Å². The van der Waals surface area contributed by atoms with Gasteiger partial charge in [-0.25, -0.2) is 9.97 Å². The van der Waals surface area contributed by atoms with E-state index in [2.05, 4.69) is 21.9 Å². The maximum atomic E-state index is 13.2. The standard InChI is InChI=1S/C23H25F3N4O3/c1-5-15(27)20-19(21(31)28-11-10-12(2)3)30-22(33-20)14-6-8-16(32-4)18-13(14)7-9-17(29-18)23(24,25)26/h5-9,12,15H,1,10-11,27H2,2-4H3,(H,28,31). The molecule has 0 aliphatic heterocycles. The largest absolute Gasteiger partial charge is 0.494 e. The van der Waals surface area contributed by atoms with Gasteiger partial charge in [0, 0.05) is 17.5 Å². The fourth-order valence-electron chi connectivity index (χ4n) is 3.20. The van der Waals surface area contributed by atoms with E-state index in [-0.39, 0.29) is 28.6 Å². The molecule has 1 aromatic carbocycles. The van der Waals surface area contributed by atoms with E-state index in [1.54, 1.807) is 6.07 Å². The molecule has 176 valence electrons. The van der Waals surface area contributed by atoms with Crippen LogP contribution >= 0.6 is 0 Å². The van der Waals surface area contributed by atoms with Crippen molar-refractivity contribution < 1.29 is 27.1 Å². The van der Waals surface area contributed by atoms with Gasteiger partial charge in [0.05, 0.1) is 13.2 Å². The third-order valence-electron chi connectivity index (χ3n) is 4.99. The van der Waals surface area contributed by atoms with Crippen molar-refractivity contribution >= 4 is 16.8 Å². The normalized spacial score (nSPS) is 12.7. The van der Waals surface area contributed by atoms with Gasteiger partial charge < -0.3 is 20.2 Å². The summed E-state index contributed by atoms with van der Waals surface area (Å²) in [6.07, 6.45) is -2.45. The van der Waals surface area contributed by atoms with Crippen molar-refractivity contribution in [2.75, 3.05) is 13.7 Å². The minimum absolute atomic E-state index is 0.00926. The van der Waals surface area contributed by atoms with Crippen LogP contribution in [0.2, 0.25) is 0 Å². The molecule has 2 aromatic heterocycles. The zero-order valence-electron chi connectivity index (χ0n) is 18.5. The number of hydrogen-bond acceptors (Lipinski definition) is 6. The predicted molar refractivity (Wildman–Crippen MR) is 118 cm³/mol. The molecule has 1 amide bonds. The number of carbonyl (C=O) groups excluding carboxylic acids is 1. The Kier molecular flexibility index (Phi) is 7.06. The van der Waals surface area contributed by atoms with Crippen LogP contribution in [-0.2, 0) is 6.18 Å². The molecule has 1 unspecified atom stereocenters. The van der Waals surface area contributed by atoms with Crippen LogP contribution in [0.25, 0.3) is 22.4 Å². The van der Waals surface area contributed by atoms with Crippen LogP contribution in [0.3, 0.4) is 0 Å². The van der Waals surface area contributed by atoms with Crippen LogP contribution in [0.15, 0.2) is 41.3 Å². The molecule has 0 aliphatic carbocycles. The second-order valence-corrected chi connectivity index (χ2v) is 7.84. The molecule has 3 N–H and O–H groups in total. The molecule has 2 heterocycles. The first kappa shape index (κ1) is 24.2. The number of hydrogen-bond donors (Lipinski definition) is 2. The van der Waals surface area contributed by atoms with E-state index in [1.165, 1.54) is 25.3 Å². The molecule has 3 rings (SSSR count). The summed E-state index contributed by atoms with van der Waals surface area (Å²) in [6, 6.07) is 4.36. The van der Waals surface area contributed by atoms with Gasteiger partial charge in [-0.05, 0) is 36.6 Å². The van der Waals surface area contributed by atoms with Crippen LogP contribution < -0.4 is 15.8 Å². The highest BCUT2D eigenvalue weighted by Gasteiger charge is 2.33. The lowest BCUT2D eigenvalue weighted by atomic mass is 10.1. The molecule has 0 saturated carbocycles. The summed E-state index contributed by atoms with van der Waals surface area (Å²) in [5.41, 5.74) is 5.30. The highest BCUT2D eigenvalue weighted by Crippen LogP contribution is 2.37. The van der Waals surface area contributed by atoms with Crippen molar-refractivity contribution in [3.05, 3.63) is 54.1 Å². The second kappa shape index (κ2) is 9.62. The van der Waals surface area contributed by atoms with Crippen LogP contribution in [0.4, 0.5) is 13.2 Å². The number of methoxy groups -OCH3 is 1. The Morgan fingerprint density at radius 1 is 1.27 bits per heavy atom. The SMILES string of the molecule is C=CC(N)c1oc(-c2ccc(OC)c3nc(C(F)(F)F)ccc23)nc1C(=O)NCCC(C)C. The molecule has 1 atom stereocenters. The number of alkyl halides is 3. The van der Waals surface area contributed by atoms with Crippen LogP contribution in [-0.4, -0.2) is 29.5 Å². The zero-order valence-corrected chi connectivity index (χ0v) is 18.5. The Bertz CT molecular complexity index is 1170. The highest BCUT2D eigenvalue weighted by molar-refractivity contribution is 5.98. The molecule has 0 radical (unpaired) electrons. The fraction of sp³-hybridized carbons (Fsp3) is 0.348. The number of amides is 1. The number of halogens is 3. The number of aromatic nitrogens is 2. The number of pyridine rings is 1. The number of rotatable bonds is 8. The number of benzene rings is 1. The minimum Gasteiger partial charge on any atom is -0.494 e. The Morgan fingerprint density at radius 3 is 2.61 bits per heavy atom. The average Bonchev–Trinajstić information content (AvgIpc) is 3.21. The van der Waals surface area contributed by atoms with Crippen molar-refractivity contribution in [1.29, 1.82) is 0 Å². The predicted octanol–water partition coefficient (Wildman–Crippen LogP) is 4.88. The topological polar surface area (TPSA) is 103 Å². The van der Waals surface area contributed by atoms with Crippen molar-refractivity contribution in [3.8, 4) is 17.2 Å². The van der Waals surface area contributed by atoms with Gasteiger partial charge in [0.1, 0.15) is 17.0 Å². The summed E-state index contributed by atoms with van der Waals surface area (Å²) < 4.78 is 50.6. The molecule has 0 bridgehead atoms. The van der Waals surface area contributed by atoms with E-state index in [1.807, 2.05) is 13.8 Å². The summed E-state index contributed by atoms with van der Waals surface area (Å²) in [7, 11) is 1.34. The third kappa shape index (κ3) is 5.16. The lowest BCUT2D eigenvalue weighted by Gasteiger charge is -2.11. The van der Waals surface area contributed by atoms with Gasteiger partial charge in [-0.2, -0.15) is 13.2 Å². The Balaban J connectivity index is 2.12. The first-order chi connectivity index (χ1) is 15.6. The average molecular weight is 462 g/mol. The molecule has 3 aromatic rings. The first-order valence-electron chi connectivity index (χ1n) is 10.3. The van der Waals surface area contributed by atoms with Crippen molar-refractivity contribution in [2.45, 2.75) is 32.5 Å². The number of nitrogens with one attached hydrogen (secondary N) is 1. The number of carbonyl (C=O) groups is 1. The third-order valence-corrected chi connectivity index (χ3v) is 4.99. The van der Waals surface area contributed by atoms with E-state index in [0.29, 0.717) is 23.4 Å². The molecule has 0 fully saturated rings. The lowest BCUT2D eigenvalue weighted by Crippen LogP contribution is -2.27. The molecule has 10 heteroatoms. The highest BCUT2D eigenvalue weighted by atomic mass is 19.4. The summed E-state index contributed by atoms with van der Waals surface area (Å²) >= 11 is 0. The van der Waals surface area contributed by atoms with Gasteiger partial charge in [-0.3, -0.25) is 4.79 Å². The fourth-order valence-corrected chi connectivity index (χ4v) is 3.20. The summed E-state index contributed by atoms with van der Waals surface area (Å²) in [5.74, 6) is 0.207. The Labute approximate surface area is 188 Å². The zero-order chi connectivity index (χ0) is 24.3. The van der Waals surface area contributed by atoms with E-state index in [4.69, 9.17) is 14.9 Å². The molecular formula is C23H25F3N4O3. The van der Waals surface area contributed by atoms with Gasteiger partial charge in [0.25, 0.3) is 5.91 Å². The van der Waals surface area contributed by atoms with E-state index in [9.17, 15) is 18.0 Å². The van der Waals surface area contributed by atoms with Crippen LogP contribution in [0.5, 0.6) is 5.75 Å². The summed E-state index contributed by atoms with van der Waals surface area (Å²) in [5, 5.41) is 3.10. The van der Waals surface area contributed by atoms with E-state index in [0.717, 1.165) is 12.5 Å². The maximum absolute atomic E-state index is 13.2. The number of nitrogens with zero attached hydrogens (tertiary/aromatic N) is 2. The van der Waals surface area contributed by atoms with Gasteiger partial charge in [0.2, 0.25) is 5.89 Å². The number of nitrogens with two attached hydrogens (primary N) is 1. The molecule has 7 nitrogen and oxygen atoms in total. The van der Waals surface area contributed by atoms with Gasteiger partial charge in [-0.1, -0.05) is 19.9 Å². The van der Waals surface area contributed by atoms with E-state index >= 15 is 0 Å². The Hall–Kier alpha value is -3.40. The minimum atomic E-state index is -4.62. The quantitative estimate of drug-likeness (QED) is 0.463. The molecule has 0 saturated heterocycles. The smallest absolute Gasteiger partial charge is 0.433 e. The first-order valence-corrected chi connectivity index (χ1v) is 10.3. The molecule has 33 heavy (non-hydrogen) atoms. The number of oxazole rings is 1. The lowest BCUT2D eigenvalue weighted by molar-refractivity contribution is -0.140. The van der Waals surface area contributed by atoms with Crippen molar-refractivity contribution in [3.63, 3.8) is 0 Å². The van der Waals surface area contributed by atoms with Gasteiger partial charge in [-0.15, -0.1) is 6.58 Å². The molecular weight excluding hydrogens is 437 g/mol. The van der Waals surface area contributed by atoms with Crippen molar-refractivity contribution in [2.24, 2.45) is 11.7 Å². The Morgan fingerprint density at radius 2 is 2.00 bits per heavy atom. The van der Waals surface area contributed by atoms with Gasteiger partial charge >= 0.3 is 6.18 Å². The monoisotopic (exact) mass is 462 g/mol. The van der Waals surface area contributed by atoms with Crippen LogP contribution in [0.1, 0.15) is 48.3 Å². The maximum Gasteiger partial charge on any atom is 0.433 e.